The largest absolute Gasteiger partial charge is 0.322 e. The van der Waals surface area contributed by atoms with Crippen molar-refractivity contribution in [1.82, 2.24) is 9.78 Å². The lowest BCUT2D eigenvalue weighted by Gasteiger charge is -2.20. The predicted molar refractivity (Wildman–Crippen MR) is 81.4 cm³/mol. The zero-order valence-electron chi connectivity index (χ0n) is 12.6. The quantitative estimate of drug-likeness (QED) is 0.941. The molecule has 0 saturated heterocycles. The second kappa shape index (κ2) is 5.77. The second-order valence-electron chi connectivity index (χ2n) is 5.70. The minimum Gasteiger partial charge on any atom is -0.322 e. The third kappa shape index (κ3) is 3.36. The van der Waals surface area contributed by atoms with E-state index in [2.05, 4.69) is 5.10 Å². The maximum atomic E-state index is 13.0. The van der Waals surface area contributed by atoms with Crippen LogP contribution in [0.2, 0.25) is 0 Å². The number of aryl methyl sites for hydroxylation is 1. The summed E-state index contributed by atoms with van der Waals surface area (Å²) in [6, 6.07) is 7.73. The van der Waals surface area contributed by atoms with Crippen molar-refractivity contribution in [2.75, 3.05) is 0 Å². The van der Waals surface area contributed by atoms with Crippen LogP contribution in [-0.4, -0.2) is 9.78 Å². The van der Waals surface area contributed by atoms with E-state index in [1.54, 1.807) is 32.0 Å². The van der Waals surface area contributed by atoms with Gasteiger partial charge in [0.15, 0.2) is 0 Å². The molecule has 1 aromatic carbocycles. The Labute approximate surface area is 123 Å². The van der Waals surface area contributed by atoms with Gasteiger partial charge in [-0.1, -0.05) is 6.92 Å². The number of hydrogen-bond acceptors (Lipinski definition) is 3. The van der Waals surface area contributed by atoms with Gasteiger partial charge in [-0.25, -0.2) is 9.07 Å². The van der Waals surface area contributed by atoms with Gasteiger partial charge < -0.3 is 5.73 Å². The number of nitrogens with two attached hydrogens (primary N) is 1. The number of benzene rings is 1. The first kappa shape index (κ1) is 15.4. The molecule has 4 nitrogen and oxygen atoms in total. The molecule has 0 unspecified atom stereocenters. The lowest BCUT2D eigenvalue weighted by molar-refractivity contribution is 0.507. The molecule has 0 aliphatic rings. The van der Waals surface area contributed by atoms with Crippen LogP contribution >= 0.6 is 0 Å². The first-order valence-corrected chi connectivity index (χ1v) is 7.00. The van der Waals surface area contributed by atoms with Crippen molar-refractivity contribution in [2.45, 2.75) is 39.3 Å². The van der Waals surface area contributed by atoms with Crippen molar-refractivity contribution in [2.24, 2.45) is 5.73 Å². The number of aromatic nitrogens is 2. The Morgan fingerprint density at radius 3 is 2.43 bits per heavy atom. The standard InChI is InChI=1S/C16H20FN3O/c1-4-9-20-15(21)13(16(2,3)18)10-14(19-20)11-5-7-12(17)8-6-11/h5-8,10H,4,9,18H2,1-3H3. The van der Waals surface area contributed by atoms with E-state index < -0.39 is 5.54 Å². The van der Waals surface area contributed by atoms with Crippen molar-refractivity contribution < 1.29 is 4.39 Å². The highest BCUT2D eigenvalue weighted by molar-refractivity contribution is 5.59. The molecule has 0 aliphatic heterocycles. The van der Waals surface area contributed by atoms with E-state index >= 15 is 0 Å². The van der Waals surface area contributed by atoms with Gasteiger partial charge in [0.2, 0.25) is 0 Å². The molecule has 0 bridgehead atoms. The lowest BCUT2D eigenvalue weighted by atomic mass is 9.96. The van der Waals surface area contributed by atoms with Crippen LogP contribution in [0.5, 0.6) is 0 Å². The smallest absolute Gasteiger partial charge is 0.271 e. The molecule has 2 aromatic rings. The van der Waals surface area contributed by atoms with Crippen LogP contribution in [0.1, 0.15) is 32.8 Å². The predicted octanol–water partition coefficient (Wildman–Crippen LogP) is 2.65. The summed E-state index contributed by atoms with van der Waals surface area (Å²) in [4.78, 5) is 12.4. The first-order valence-electron chi connectivity index (χ1n) is 7.00. The van der Waals surface area contributed by atoms with Gasteiger partial charge in [0, 0.05) is 23.2 Å². The number of rotatable bonds is 4. The molecule has 0 saturated carbocycles. The Kier molecular flexibility index (Phi) is 4.23. The van der Waals surface area contributed by atoms with Gasteiger partial charge in [-0.05, 0) is 50.6 Å². The third-order valence-electron chi connectivity index (χ3n) is 3.24. The molecule has 0 spiro atoms. The van der Waals surface area contributed by atoms with E-state index in [1.165, 1.54) is 16.8 Å². The fourth-order valence-corrected chi connectivity index (χ4v) is 2.13. The Balaban J connectivity index is 2.64. The maximum Gasteiger partial charge on any atom is 0.271 e. The summed E-state index contributed by atoms with van der Waals surface area (Å²) >= 11 is 0. The molecule has 21 heavy (non-hydrogen) atoms. The lowest BCUT2D eigenvalue weighted by Crippen LogP contribution is -2.39. The van der Waals surface area contributed by atoms with Crippen LogP contribution in [0.25, 0.3) is 11.3 Å². The number of halogens is 1. The van der Waals surface area contributed by atoms with Crippen LogP contribution in [0.4, 0.5) is 4.39 Å². The molecular weight excluding hydrogens is 269 g/mol. The molecule has 0 aliphatic carbocycles. The SMILES string of the molecule is CCCn1nc(-c2ccc(F)cc2)cc(C(C)(C)N)c1=O. The molecular formula is C16H20FN3O. The normalized spacial score (nSPS) is 11.7. The number of hydrogen-bond donors (Lipinski definition) is 1. The van der Waals surface area contributed by atoms with Crippen molar-refractivity contribution in [3.05, 3.63) is 52.1 Å². The molecule has 1 aromatic heterocycles. The van der Waals surface area contributed by atoms with Crippen LogP contribution in [0, 0.1) is 5.82 Å². The van der Waals surface area contributed by atoms with Crippen LogP contribution in [0.3, 0.4) is 0 Å². The highest BCUT2D eigenvalue weighted by Gasteiger charge is 2.21. The molecule has 2 N–H and O–H groups in total. The molecule has 0 atom stereocenters. The van der Waals surface area contributed by atoms with Gasteiger partial charge >= 0.3 is 0 Å². The Morgan fingerprint density at radius 1 is 1.29 bits per heavy atom. The summed E-state index contributed by atoms with van der Waals surface area (Å²) in [7, 11) is 0. The van der Waals surface area contributed by atoms with Gasteiger partial charge in [-0.3, -0.25) is 4.79 Å². The van der Waals surface area contributed by atoms with E-state index in [1.807, 2.05) is 6.92 Å². The molecule has 0 fully saturated rings. The summed E-state index contributed by atoms with van der Waals surface area (Å²) in [5.74, 6) is -0.306. The van der Waals surface area contributed by atoms with Crippen LogP contribution in [-0.2, 0) is 12.1 Å². The summed E-state index contributed by atoms with van der Waals surface area (Å²) in [6.45, 7) is 6.08. The van der Waals surface area contributed by atoms with Gasteiger partial charge in [0.25, 0.3) is 5.56 Å². The highest BCUT2D eigenvalue weighted by Crippen LogP contribution is 2.21. The van der Waals surface area contributed by atoms with Crippen LogP contribution < -0.4 is 11.3 Å². The molecule has 5 heteroatoms. The van der Waals surface area contributed by atoms with Crippen molar-refractivity contribution in [3.63, 3.8) is 0 Å². The van der Waals surface area contributed by atoms with E-state index in [9.17, 15) is 9.18 Å². The molecule has 0 amide bonds. The summed E-state index contributed by atoms with van der Waals surface area (Å²) < 4.78 is 14.5. The zero-order valence-corrected chi connectivity index (χ0v) is 12.6. The topological polar surface area (TPSA) is 60.9 Å². The van der Waals surface area contributed by atoms with Crippen molar-refractivity contribution >= 4 is 0 Å². The van der Waals surface area contributed by atoms with E-state index in [-0.39, 0.29) is 11.4 Å². The first-order chi connectivity index (χ1) is 9.82. The minimum atomic E-state index is -0.760. The van der Waals surface area contributed by atoms with E-state index in [0.29, 0.717) is 17.8 Å². The highest BCUT2D eigenvalue weighted by atomic mass is 19.1. The fraction of sp³-hybridized carbons (Fsp3) is 0.375. The Morgan fingerprint density at radius 2 is 1.90 bits per heavy atom. The molecule has 1 heterocycles. The summed E-state index contributed by atoms with van der Waals surface area (Å²) in [5, 5.41) is 4.36. The zero-order chi connectivity index (χ0) is 15.6. The third-order valence-corrected chi connectivity index (χ3v) is 3.24. The van der Waals surface area contributed by atoms with Gasteiger partial charge in [-0.15, -0.1) is 0 Å². The average Bonchev–Trinajstić information content (AvgIpc) is 2.41. The van der Waals surface area contributed by atoms with Crippen molar-refractivity contribution in [3.8, 4) is 11.3 Å². The van der Waals surface area contributed by atoms with E-state index in [0.717, 1.165) is 12.0 Å². The number of nitrogens with zero attached hydrogens (tertiary/aromatic N) is 2. The van der Waals surface area contributed by atoms with Gasteiger partial charge in [0.05, 0.1) is 5.69 Å². The average molecular weight is 289 g/mol. The molecule has 112 valence electrons. The van der Waals surface area contributed by atoms with Crippen molar-refractivity contribution in [1.29, 1.82) is 0 Å². The fourth-order valence-electron chi connectivity index (χ4n) is 2.13. The molecule has 0 radical (unpaired) electrons. The Bertz CT molecular complexity index is 684. The van der Waals surface area contributed by atoms with Gasteiger partial charge in [-0.2, -0.15) is 5.10 Å². The monoisotopic (exact) mass is 289 g/mol. The summed E-state index contributed by atoms with van der Waals surface area (Å²) in [5.41, 5.74) is 7.04. The maximum absolute atomic E-state index is 13.0. The van der Waals surface area contributed by atoms with Gasteiger partial charge in [0.1, 0.15) is 5.82 Å². The molecule has 2 rings (SSSR count). The second-order valence-corrected chi connectivity index (χ2v) is 5.70. The van der Waals surface area contributed by atoms with Crippen LogP contribution in [0.15, 0.2) is 35.1 Å². The summed E-state index contributed by atoms with van der Waals surface area (Å²) in [6.07, 6.45) is 0.796. The minimum absolute atomic E-state index is 0.171. The Hall–Kier alpha value is -2.01. The van der Waals surface area contributed by atoms with E-state index in [4.69, 9.17) is 5.73 Å².